The van der Waals surface area contributed by atoms with E-state index >= 15 is 0 Å². The van der Waals surface area contributed by atoms with Gasteiger partial charge >= 0.3 is 0 Å². The third-order valence-electron chi connectivity index (χ3n) is 3.50. The first-order valence-corrected chi connectivity index (χ1v) is 6.37. The Morgan fingerprint density at radius 3 is 2.82 bits per heavy atom. The molecule has 0 saturated carbocycles. The molecule has 0 amide bonds. The number of hydrogen-bond donors (Lipinski definition) is 1. The fourth-order valence-electron chi connectivity index (χ4n) is 2.42. The molecule has 92 valence electrons. The summed E-state index contributed by atoms with van der Waals surface area (Å²) in [5.74, 6) is 0. The van der Waals surface area contributed by atoms with Gasteiger partial charge in [0.15, 0.2) is 0 Å². The van der Waals surface area contributed by atoms with Crippen LogP contribution < -0.4 is 0 Å². The molecule has 0 aliphatic carbocycles. The Kier molecular flexibility index (Phi) is 4.35. The second-order valence-corrected chi connectivity index (χ2v) is 4.85. The zero-order chi connectivity index (χ0) is 12.1. The molecule has 1 aliphatic heterocycles. The Morgan fingerprint density at radius 1 is 1.41 bits per heavy atom. The lowest BCUT2D eigenvalue weighted by Crippen LogP contribution is -2.28. The third-order valence-corrected chi connectivity index (χ3v) is 3.50. The van der Waals surface area contributed by atoms with Crippen LogP contribution in [0.25, 0.3) is 6.08 Å². The van der Waals surface area contributed by atoms with Crippen LogP contribution in [0.4, 0.5) is 0 Å². The smallest absolute Gasteiger partial charge is 0.0739 e. The molecule has 1 N–H and O–H groups in total. The van der Waals surface area contributed by atoms with E-state index in [9.17, 15) is 5.11 Å². The van der Waals surface area contributed by atoms with Gasteiger partial charge in [0.2, 0.25) is 0 Å². The first-order valence-electron chi connectivity index (χ1n) is 6.37. The summed E-state index contributed by atoms with van der Waals surface area (Å²) in [6, 6.07) is 10.7. The molecule has 2 atom stereocenters. The van der Waals surface area contributed by atoms with Gasteiger partial charge in [-0.15, -0.1) is 0 Å². The Bertz CT molecular complexity index is 360. The van der Waals surface area contributed by atoms with Crippen molar-refractivity contribution in [2.24, 2.45) is 0 Å². The average Bonchev–Trinajstić information content (AvgIpc) is 2.74. The maximum atomic E-state index is 9.98. The maximum Gasteiger partial charge on any atom is 0.0739 e. The lowest BCUT2D eigenvalue weighted by molar-refractivity contribution is 0.167. The number of aliphatic hydroxyl groups is 1. The van der Waals surface area contributed by atoms with E-state index in [2.05, 4.69) is 11.9 Å². The fourth-order valence-corrected chi connectivity index (χ4v) is 2.42. The van der Waals surface area contributed by atoms with Crippen LogP contribution in [-0.4, -0.2) is 35.7 Å². The van der Waals surface area contributed by atoms with E-state index in [-0.39, 0.29) is 6.10 Å². The zero-order valence-corrected chi connectivity index (χ0v) is 10.4. The predicted octanol–water partition coefficient (Wildman–Crippen LogP) is 2.55. The minimum Gasteiger partial charge on any atom is -0.389 e. The van der Waals surface area contributed by atoms with E-state index in [1.54, 1.807) is 0 Å². The molecule has 0 bridgehead atoms. The molecular weight excluding hydrogens is 210 g/mol. The van der Waals surface area contributed by atoms with Crippen LogP contribution in [0.15, 0.2) is 36.4 Å². The molecule has 17 heavy (non-hydrogen) atoms. The van der Waals surface area contributed by atoms with Gasteiger partial charge in [0.05, 0.1) is 6.10 Å². The number of aliphatic hydroxyl groups excluding tert-OH is 1. The summed E-state index contributed by atoms with van der Waals surface area (Å²) in [5.41, 5.74) is 1.14. The van der Waals surface area contributed by atoms with E-state index in [1.165, 1.54) is 19.4 Å². The van der Waals surface area contributed by atoms with Crippen LogP contribution in [0.3, 0.4) is 0 Å². The highest BCUT2D eigenvalue weighted by atomic mass is 16.3. The van der Waals surface area contributed by atoms with Crippen LogP contribution >= 0.6 is 0 Å². The van der Waals surface area contributed by atoms with Gasteiger partial charge < -0.3 is 10.0 Å². The van der Waals surface area contributed by atoms with Crippen LogP contribution in [-0.2, 0) is 0 Å². The predicted molar refractivity (Wildman–Crippen MR) is 71.8 cm³/mol. The molecule has 1 aromatic carbocycles. The van der Waals surface area contributed by atoms with Crippen molar-refractivity contribution in [1.29, 1.82) is 0 Å². The minimum atomic E-state index is -0.333. The molecule has 1 fully saturated rings. The number of benzene rings is 1. The first-order chi connectivity index (χ1) is 8.25. The number of rotatable bonds is 4. The molecule has 1 aliphatic rings. The van der Waals surface area contributed by atoms with Gasteiger partial charge in [-0.25, -0.2) is 0 Å². The van der Waals surface area contributed by atoms with Gasteiger partial charge in [-0.2, -0.15) is 0 Å². The summed E-state index contributed by atoms with van der Waals surface area (Å²) in [5, 5.41) is 9.98. The van der Waals surface area contributed by atoms with Crippen LogP contribution in [0.1, 0.15) is 24.8 Å². The zero-order valence-electron chi connectivity index (χ0n) is 10.4. The molecule has 0 aromatic heterocycles. The number of hydrogen-bond acceptors (Lipinski definition) is 2. The summed E-state index contributed by atoms with van der Waals surface area (Å²) >= 11 is 0. The largest absolute Gasteiger partial charge is 0.389 e. The highest BCUT2D eigenvalue weighted by Crippen LogP contribution is 2.19. The van der Waals surface area contributed by atoms with E-state index in [1.807, 2.05) is 42.5 Å². The Morgan fingerprint density at radius 2 is 2.18 bits per heavy atom. The SMILES string of the molecule is CN1CCC[C@@H]1C[C@@H](O)/C=C/c1ccccc1. The highest BCUT2D eigenvalue weighted by Gasteiger charge is 2.22. The molecule has 1 aromatic rings. The van der Waals surface area contributed by atoms with Crippen molar-refractivity contribution in [2.45, 2.75) is 31.4 Å². The van der Waals surface area contributed by atoms with Gasteiger partial charge in [-0.3, -0.25) is 0 Å². The normalized spacial score (nSPS) is 23.3. The van der Waals surface area contributed by atoms with Crippen LogP contribution in [0, 0.1) is 0 Å². The lowest BCUT2D eigenvalue weighted by atomic mass is 10.1. The van der Waals surface area contributed by atoms with Crippen molar-refractivity contribution in [3.05, 3.63) is 42.0 Å². The summed E-state index contributed by atoms with van der Waals surface area (Å²) in [6.07, 6.45) is 6.89. The summed E-state index contributed by atoms with van der Waals surface area (Å²) < 4.78 is 0. The standard InChI is InChI=1S/C15H21NO/c1-16-11-5-8-14(16)12-15(17)10-9-13-6-3-2-4-7-13/h2-4,6-7,9-10,14-15,17H,5,8,11-12H2,1H3/b10-9+/t14-,15+/m1/s1. The first kappa shape index (κ1) is 12.3. The molecule has 1 heterocycles. The second kappa shape index (κ2) is 5.99. The van der Waals surface area contributed by atoms with Crippen LogP contribution in [0.5, 0.6) is 0 Å². The second-order valence-electron chi connectivity index (χ2n) is 4.85. The van der Waals surface area contributed by atoms with Gasteiger partial charge in [-0.05, 0) is 38.4 Å². The molecular formula is C15H21NO. The number of likely N-dealkylation sites (tertiary alicyclic amines) is 1. The Hall–Kier alpha value is -1.12. The lowest BCUT2D eigenvalue weighted by Gasteiger charge is -2.20. The van der Waals surface area contributed by atoms with E-state index < -0.39 is 0 Å². The van der Waals surface area contributed by atoms with Crippen molar-refractivity contribution >= 4 is 6.08 Å². The summed E-state index contributed by atoms with van der Waals surface area (Å²) in [4.78, 5) is 2.35. The van der Waals surface area contributed by atoms with Gasteiger partial charge in [0, 0.05) is 6.04 Å². The summed E-state index contributed by atoms with van der Waals surface area (Å²) in [6.45, 7) is 1.17. The minimum absolute atomic E-state index is 0.333. The molecule has 0 spiro atoms. The Balaban J connectivity index is 1.84. The average molecular weight is 231 g/mol. The molecule has 2 rings (SSSR count). The van der Waals surface area contributed by atoms with Crippen molar-refractivity contribution in [2.75, 3.05) is 13.6 Å². The highest BCUT2D eigenvalue weighted by molar-refractivity contribution is 5.49. The molecule has 1 saturated heterocycles. The van der Waals surface area contributed by atoms with Crippen molar-refractivity contribution < 1.29 is 5.11 Å². The van der Waals surface area contributed by atoms with Gasteiger partial charge in [0.25, 0.3) is 0 Å². The van der Waals surface area contributed by atoms with Gasteiger partial charge in [-0.1, -0.05) is 42.5 Å². The van der Waals surface area contributed by atoms with Crippen molar-refractivity contribution in [1.82, 2.24) is 4.90 Å². The van der Waals surface area contributed by atoms with E-state index in [4.69, 9.17) is 0 Å². The van der Waals surface area contributed by atoms with Gasteiger partial charge in [0.1, 0.15) is 0 Å². The molecule has 2 heteroatoms. The maximum absolute atomic E-state index is 9.98. The van der Waals surface area contributed by atoms with Crippen molar-refractivity contribution in [3.8, 4) is 0 Å². The van der Waals surface area contributed by atoms with Crippen molar-refractivity contribution in [3.63, 3.8) is 0 Å². The monoisotopic (exact) mass is 231 g/mol. The van der Waals surface area contributed by atoms with E-state index in [0.717, 1.165) is 12.0 Å². The van der Waals surface area contributed by atoms with Crippen LogP contribution in [0.2, 0.25) is 0 Å². The molecule has 2 nitrogen and oxygen atoms in total. The topological polar surface area (TPSA) is 23.5 Å². The quantitative estimate of drug-likeness (QED) is 0.861. The number of nitrogens with zero attached hydrogens (tertiary/aromatic N) is 1. The Labute approximate surface area is 104 Å². The molecule has 0 radical (unpaired) electrons. The fraction of sp³-hybridized carbons (Fsp3) is 0.467. The third kappa shape index (κ3) is 3.69. The molecule has 0 unspecified atom stereocenters. The van der Waals surface area contributed by atoms with E-state index in [0.29, 0.717) is 6.04 Å². The summed E-state index contributed by atoms with van der Waals surface area (Å²) in [7, 11) is 2.14.